The average Bonchev–Trinajstić information content (AvgIpc) is 2.29. The van der Waals surface area contributed by atoms with Crippen LogP contribution in [0.3, 0.4) is 0 Å². The molecule has 0 saturated heterocycles. The van der Waals surface area contributed by atoms with Gasteiger partial charge in [-0.1, -0.05) is 27.2 Å². The predicted molar refractivity (Wildman–Crippen MR) is 71.2 cm³/mol. The summed E-state index contributed by atoms with van der Waals surface area (Å²) in [6, 6.07) is 0. The number of carboxylic acids is 1. The maximum Gasteiger partial charge on any atom is 0.306 e. The van der Waals surface area contributed by atoms with Crippen LogP contribution >= 0.6 is 0 Å². The van der Waals surface area contributed by atoms with Gasteiger partial charge in [0.2, 0.25) is 0 Å². The Morgan fingerprint density at radius 1 is 1.44 bits per heavy atom. The van der Waals surface area contributed by atoms with Gasteiger partial charge in [-0.25, -0.2) is 5.48 Å². The van der Waals surface area contributed by atoms with Gasteiger partial charge in [-0.15, -0.1) is 0 Å². The molecule has 0 unspecified atom stereocenters. The van der Waals surface area contributed by atoms with Crippen LogP contribution < -0.4 is 5.48 Å². The van der Waals surface area contributed by atoms with Crippen molar-refractivity contribution in [2.45, 2.75) is 64.9 Å². The van der Waals surface area contributed by atoms with Gasteiger partial charge in [-0.3, -0.25) is 9.63 Å². The second kappa shape index (κ2) is 6.02. The highest BCUT2D eigenvalue weighted by Gasteiger charge is 2.42. The summed E-state index contributed by atoms with van der Waals surface area (Å²) < 4.78 is 0. The highest BCUT2D eigenvalue weighted by Crippen LogP contribution is 2.45. The summed E-state index contributed by atoms with van der Waals surface area (Å²) in [7, 11) is 1.70. The lowest BCUT2D eigenvalue weighted by Crippen LogP contribution is -2.44. The minimum atomic E-state index is -0.779. The molecule has 0 bridgehead atoms. The van der Waals surface area contributed by atoms with Crippen molar-refractivity contribution >= 4 is 5.97 Å². The van der Waals surface area contributed by atoms with Gasteiger partial charge >= 0.3 is 5.97 Å². The Balaban J connectivity index is 2.65. The molecule has 0 aromatic heterocycles. The van der Waals surface area contributed by atoms with E-state index in [1.165, 1.54) is 0 Å². The van der Waals surface area contributed by atoms with Crippen LogP contribution in [0.5, 0.6) is 0 Å². The SMILES string of the molecule is CCC(C)(C)C1CCC(CC(=O)O)(ONC)CC1. The fourth-order valence-corrected chi connectivity index (χ4v) is 3.02. The molecule has 106 valence electrons. The standard InChI is InChI=1S/C14H27NO3/c1-5-13(2,3)11-6-8-14(9-7-11,18-15-4)10-12(16)17/h11,15H,5-10H2,1-4H3,(H,16,17). The van der Waals surface area contributed by atoms with E-state index >= 15 is 0 Å². The summed E-state index contributed by atoms with van der Waals surface area (Å²) in [6.07, 6.45) is 5.01. The third kappa shape index (κ3) is 3.69. The number of carbonyl (C=O) groups is 1. The van der Waals surface area contributed by atoms with Crippen LogP contribution in [0.1, 0.15) is 59.3 Å². The smallest absolute Gasteiger partial charge is 0.306 e. The number of nitrogens with one attached hydrogen (secondary N) is 1. The number of rotatable bonds is 6. The Morgan fingerprint density at radius 3 is 2.39 bits per heavy atom. The molecule has 0 heterocycles. The van der Waals surface area contributed by atoms with Gasteiger partial charge in [-0.05, 0) is 37.0 Å². The molecule has 1 fully saturated rings. The van der Waals surface area contributed by atoms with Gasteiger partial charge in [0.25, 0.3) is 0 Å². The molecule has 1 rings (SSSR count). The maximum absolute atomic E-state index is 11.0. The molecule has 4 heteroatoms. The molecule has 0 aliphatic heterocycles. The van der Waals surface area contributed by atoms with E-state index in [0.29, 0.717) is 11.3 Å². The molecule has 0 atom stereocenters. The van der Waals surface area contributed by atoms with Crippen molar-refractivity contribution in [1.29, 1.82) is 0 Å². The summed E-state index contributed by atoms with van der Waals surface area (Å²) in [6.45, 7) is 6.84. The number of aliphatic carboxylic acids is 1. The van der Waals surface area contributed by atoms with Gasteiger partial charge < -0.3 is 5.11 Å². The number of hydroxylamine groups is 1. The van der Waals surface area contributed by atoms with Crippen molar-refractivity contribution in [2.75, 3.05) is 7.05 Å². The van der Waals surface area contributed by atoms with E-state index in [2.05, 4.69) is 26.3 Å². The predicted octanol–water partition coefficient (Wildman–Crippen LogP) is 2.98. The Labute approximate surface area is 110 Å². The molecule has 1 aliphatic carbocycles. The Bertz CT molecular complexity index is 281. The molecule has 18 heavy (non-hydrogen) atoms. The zero-order valence-corrected chi connectivity index (χ0v) is 12.1. The van der Waals surface area contributed by atoms with Gasteiger partial charge in [0, 0.05) is 7.05 Å². The molecule has 0 aromatic rings. The van der Waals surface area contributed by atoms with Crippen LogP contribution in [-0.2, 0) is 9.63 Å². The van der Waals surface area contributed by atoms with E-state index in [4.69, 9.17) is 9.94 Å². The first kappa shape index (κ1) is 15.4. The molecular formula is C14H27NO3. The molecule has 4 nitrogen and oxygen atoms in total. The quantitative estimate of drug-likeness (QED) is 0.718. The van der Waals surface area contributed by atoms with Gasteiger partial charge in [0.15, 0.2) is 0 Å². The molecule has 0 aromatic carbocycles. The summed E-state index contributed by atoms with van der Waals surface area (Å²) >= 11 is 0. The molecule has 0 radical (unpaired) electrons. The summed E-state index contributed by atoms with van der Waals surface area (Å²) in [5.41, 5.74) is 2.52. The van der Waals surface area contributed by atoms with Crippen LogP contribution in [0.4, 0.5) is 0 Å². The second-order valence-electron chi connectivity index (χ2n) is 6.18. The van der Waals surface area contributed by atoms with Gasteiger partial charge in [0.05, 0.1) is 6.42 Å². The summed E-state index contributed by atoms with van der Waals surface area (Å²) in [5.74, 6) is -0.108. The maximum atomic E-state index is 11.0. The lowest BCUT2D eigenvalue weighted by molar-refractivity contribution is -0.161. The highest BCUT2D eigenvalue weighted by atomic mass is 16.7. The van der Waals surface area contributed by atoms with E-state index in [0.717, 1.165) is 32.1 Å². The van der Waals surface area contributed by atoms with E-state index in [9.17, 15) is 4.79 Å². The number of hydrogen-bond donors (Lipinski definition) is 2. The Hall–Kier alpha value is -0.610. The van der Waals surface area contributed by atoms with Gasteiger partial charge in [0.1, 0.15) is 5.60 Å². The van der Waals surface area contributed by atoms with E-state index in [-0.39, 0.29) is 6.42 Å². The Morgan fingerprint density at radius 2 is 2.00 bits per heavy atom. The normalized spacial score (nSPS) is 29.2. The lowest BCUT2D eigenvalue weighted by atomic mass is 9.66. The zero-order valence-electron chi connectivity index (χ0n) is 12.1. The van der Waals surface area contributed by atoms with Crippen LogP contribution in [-0.4, -0.2) is 23.7 Å². The first-order valence-corrected chi connectivity index (χ1v) is 6.92. The second-order valence-corrected chi connectivity index (χ2v) is 6.18. The third-order valence-corrected chi connectivity index (χ3v) is 4.71. The first-order valence-electron chi connectivity index (χ1n) is 6.92. The van der Waals surface area contributed by atoms with Crippen LogP contribution in [0, 0.1) is 11.3 Å². The first-order chi connectivity index (χ1) is 8.35. The average molecular weight is 257 g/mol. The van der Waals surface area contributed by atoms with E-state index < -0.39 is 11.6 Å². The molecule has 0 spiro atoms. The summed E-state index contributed by atoms with van der Waals surface area (Å²) in [4.78, 5) is 16.5. The fourth-order valence-electron chi connectivity index (χ4n) is 3.02. The van der Waals surface area contributed by atoms with E-state index in [1.807, 2.05) is 0 Å². The van der Waals surface area contributed by atoms with Crippen molar-refractivity contribution in [2.24, 2.45) is 11.3 Å². The third-order valence-electron chi connectivity index (χ3n) is 4.71. The zero-order chi connectivity index (χ0) is 13.8. The molecule has 2 N–H and O–H groups in total. The molecule has 1 aliphatic rings. The molecular weight excluding hydrogens is 230 g/mol. The number of carboxylic acid groups (broad SMARTS) is 1. The van der Waals surface area contributed by atoms with Gasteiger partial charge in [-0.2, -0.15) is 0 Å². The molecule has 0 amide bonds. The number of hydrogen-bond acceptors (Lipinski definition) is 3. The Kier molecular flexibility index (Phi) is 5.17. The van der Waals surface area contributed by atoms with Crippen LogP contribution in [0.25, 0.3) is 0 Å². The minimum Gasteiger partial charge on any atom is -0.481 e. The molecule has 1 saturated carbocycles. The fraction of sp³-hybridized carbons (Fsp3) is 0.929. The van der Waals surface area contributed by atoms with Crippen molar-refractivity contribution in [3.8, 4) is 0 Å². The van der Waals surface area contributed by atoms with Crippen molar-refractivity contribution in [3.05, 3.63) is 0 Å². The minimum absolute atomic E-state index is 0.0904. The van der Waals surface area contributed by atoms with Crippen molar-refractivity contribution < 1.29 is 14.7 Å². The van der Waals surface area contributed by atoms with Crippen molar-refractivity contribution in [1.82, 2.24) is 5.48 Å². The largest absolute Gasteiger partial charge is 0.481 e. The van der Waals surface area contributed by atoms with Crippen LogP contribution in [0.2, 0.25) is 0 Å². The summed E-state index contributed by atoms with van der Waals surface area (Å²) in [5, 5.41) is 9.02. The highest BCUT2D eigenvalue weighted by molar-refractivity contribution is 5.68. The van der Waals surface area contributed by atoms with Crippen LogP contribution in [0.15, 0.2) is 0 Å². The van der Waals surface area contributed by atoms with E-state index in [1.54, 1.807) is 7.05 Å². The topological polar surface area (TPSA) is 58.6 Å². The monoisotopic (exact) mass is 257 g/mol. The lowest BCUT2D eigenvalue weighted by Gasteiger charge is -2.43. The van der Waals surface area contributed by atoms with Crippen molar-refractivity contribution in [3.63, 3.8) is 0 Å².